The van der Waals surface area contributed by atoms with Crippen molar-refractivity contribution in [2.45, 2.75) is 13.3 Å². The van der Waals surface area contributed by atoms with Gasteiger partial charge in [-0.25, -0.2) is 4.39 Å². The second-order valence-corrected chi connectivity index (χ2v) is 4.85. The second kappa shape index (κ2) is 4.15. The number of hydrogen-bond acceptors (Lipinski definition) is 2. The predicted octanol–water partition coefficient (Wildman–Crippen LogP) is 2.66. The highest BCUT2D eigenvalue weighted by Gasteiger charge is 2.36. The molecule has 0 bridgehead atoms. The maximum absolute atomic E-state index is 13.0. The van der Waals surface area contributed by atoms with Crippen molar-refractivity contribution in [3.8, 4) is 0 Å². The molecule has 1 aliphatic rings. The Balaban J connectivity index is 2.30. The Kier molecular flexibility index (Phi) is 3.00. The Bertz CT molecular complexity index is 427. The van der Waals surface area contributed by atoms with E-state index >= 15 is 0 Å². The molecular formula is C12H13ClFNO. The zero-order chi connectivity index (χ0) is 11.8. The third-order valence-corrected chi connectivity index (χ3v) is 3.39. The Morgan fingerprint density at radius 3 is 2.88 bits per heavy atom. The molecule has 0 aliphatic carbocycles. The van der Waals surface area contributed by atoms with Gasteiger partial charge in [0.25, 0.3) is 0 Å². The zero-order valence-corrected chi connectivity index (χ0v) is 9.77. The highest BCUT2D eigenvalue weighted by Crippen LogP contribution is 2.30. The van der Waals surface area contributed by atoms with Crippen LogP contribution in [0.2, 0.25) is 5.02 Å². The van der Waals surface area contributed by atoms with Crippen molar-refractivity contribution in [1.82, 2.24) is 5.32 Å². The maximum atomic E-state index is 13.0. The first kappa shape index (κ1) is 11.6. The van der Waals surface area contributed by atoms with Crippen molar-refractivity contribution in [2.75, 3.05) is 13.1 Å². The molecule has 0 radical (unpaired) electrons. The molecule has 1 aliphatic heterocycles. The molecule has 0 aromatic heterocycles. The van der Waals surface area contributed by atoms with Gasteiger partial charge in [-0.05, 0) is 31.2 Å². The Labute approximate surface area is 98.8 Å². The zero-order valence-electron chi connectivity index (χ0n) is 9.02. The Morgan fingerprint density at radius 2 is 2.31 bits per heavy atom. The normalized spacial score (nSPS) is 24.7. The number of halogens is 2. The summed E-state index contributed by atoms with van der Waals surface area (Å²) >= 11 is 5.67. The molecule has 1 heterocycles. The number of rotatable bonds is 2. The molecule has 1 saturated heterocycles. The van der Waals surface area contributed by atoms with E-state index in [-0.39, 0.29) is 16.2 Å². The van der Waals surface area contributed by atoms with Gasteiger partial charge in [-0.3, -0.25) is 4.79 Å². The highest BCUT2D eigenvalue weighted by molar-refractivity contribution is 6.31. The van der Waals surface area contributed by atoms with Crippen molar-refractivity contribution in [2.24, 2.45) is 5.41 Å². The lowest BCUT2D eigenvalue weighted by Gasteiger charge is -2.20. The van der Waals surface area contributed by atoms with E-state index in [1.165, 1.54) is 18.2 Å². The van der Waals surface area contributed by atoms with E-state index in [4.69, 9.17) is 11.6 Å². The summed E-state index contributed by atoms with van der Waals surface area (Å²) in [5, 5.41) is 3.16. The molecular weight excluding hydrogens is 229 g/mol. The van der Waals surface area contributed by atoms with Crippen LogP contribution in [0.1, 0.15) is 23.7 Å². The molecule has 1 fully saturated rings. The average molecular weight is 242 g/mol. The molecule has 1 N–H and O–H groups in total. The fraction of sp³-hybridized carbons (Fsp3) is 0.417. The van der Waals surface area contributed by atoms with Gasteiger partial charge in [0, 0.05) is 17.5 Å². The SMILES string of the molecule is CC1(C(=O)c2ccc(F)c(Cl)c2)CCNC1. The number of carbonyl (C=O) groups is 1. The summed E-state index contributed by atoms with van der Waals surface area (Å²) < 4.78 is 13.0. The average Bonchev–Trinajstić information content (AvgIpc) is 2.70. The smallest absolute Gasteiger partial charge is 0.170 e. The minimum absolute atomic E-state index is 0.000376. The van der Waals surface area contributed by atoms with E-state index in [1.54, 1.807) is 0 Å². The van der Waals surface area contributed by atoms with Gasteiger partial charge in [-0.2, -0.15) is 0 Å². The topological polar surface area (TPSA) is 29.1 Å². The standard InChI is InChI=1S/C12H13ClFNO/c1-12(4-5-15-7-12)11(16)8-2-3-10(14)9(13)6-8/h2-3,6,15H,4-5,7H2,1H3. The summed E-state index contributed by atoms with van der Waals surface area (Å²) in [6.45, 7) is 3.44. The van der Waals surface area contributed by atoms with E-state index in [1.807, 2.05) is 6.92 Å². The van der Waals surface area contributed by atoms with Crippen LogP contribution in [0, 0.1) is 11.2 Å². The van der Waals surface area contributed by atoms with Crippen LogP contribution >= 0.6 is 11.6 Å². The summed E-state index contributed by atoms with van der Waals surface area (Å²) in [6, 6.07) is 4.14. The maximum Gasteiger partial charge on any atom is 0.170 e. The van der Waals surface area contributed by atoms with Crippen LogP contribution in [0.25, 0.3) is 0 Å². The third-order valence-electron chi connectivity index (χ3n) is 3.10. The van der Waals surface area contributed by atoms with Gasteiger partial charge in [-0.1, -0.05) is 18.5 Å². The number of Topliss-reactive ketones (excluding diaryl/α,β-unsaturated/α-hetero) is 1. The monoisotopic (exact) mass is 241 g/mol. The Morgan fingerprint density at radius 1 is 1.56 bits per heavy atom. The molecule has 16 heavy (non-hydrogen) atoms. The van der Waals surface area contributed by atoms with Gasteiger partial charge >= 0.3 is 0 Å². The van der Waals surface area contributed by atoms with Gasteiger partial charge in [0.2, 0.25) is 0 Å². The van der Waals surface area contributed by atoms with Crippen LogP contribution in [0.5, 0.6) is 0 Å². The van der Waals surface area contributed by atoms with Crippen molar-refractivity contribution in [3.63, 3.8) is 0 Å². The number of carbonyl (C=O) groups excluding carboxylic acids is 1. The molecule has 2 nitrogen and oxygen atoms in total. The van der Waals surface area contributed by atoms with Gasteiger partial charge in [0.1, 0.15) is 5.82 Å². The molecule has 1 aromatic rings. The minimum atomic E-state index is -0.493. The van der Waals surface area contributed by atoms with Crippen molar-refractivity contribution >= 4 is 17.4 Å². The van der Waals surface area contributed by atoms with Crippen molar-refractivity contribution in [3.05, 3.63) is 34.6 Å². The minimum Gasteiger partial charge on any atom is -0.316 e. The van der Waals surface area contributed by atoms with Crippen LogP contribution < -0.4 is 5.32 Å². The van der Waals surface area contributed by atoms with E-state index in [2.05, 4.69) is 5.32 Å². The van der Waals surface area contributed by atoms with Gasteiger partial charge in [-0.15, -0.1) is 0 Å². The van der Waals surface area contributed by atoms with Crippen molar-refractivity contribution < 1.29 is 9.18 Å². The quantitative estimate of drug-likeness (QED) is 0.807. The molecule has 0 saturated carbocycles. The molecule has 86 valence electrons. The molecule has 0 spiro atoms. The first-order valence-corrected chi connectivity index (χ1v) is 5.61. The van der Waals surface area contributed by atoms with Crippen LogP contribution in [0.4, 0.5) is 4.39 Å². The number of hydrogen-bond donors (Lipinski definition) is 1. The van der Waals surface area contributed by atoms with Gasteiger partial charge < -0.3 is 5.32 Å². The van der Waals surface area contributed by atoms with Gasteiger partial charge in [0.05, 0.1) is 5.02 Å². The van der Waals surface area contributed by atoms with Crippen LogP contribution in [0.15, 0.2) is 18.2 Å². The summed E-state index contributed by atoms with van der Waals surface area (Å²) in [5.41, 5.74) is 0.0961. The summed E-state index contributed by atoms with van der Waals surface area (Å²) in [6.07, 6.45) is 0.806. The third kappa shape index (κ3) is 1.97. The summed E-state index contributed by atoms with van der Waals surface area (Å²) in [7, 11) is 0. The van der Waals surface area contributed by atoms with E-state index in [0.29, 0.717) is 12.1 Å². The second-order valence-electron chi connectivity index (χ2n) is 4.45. The summed E-state index contributed by atoms with van der Waals surface area (Å²) in [4.78, 5) is 12.2. The molecule has 1 atom stereocenters. The van der Waals surface area contributed by atoms with Gasteiger partial charge in [0.15, 0.2) is 5.78 Å². The molecule has 1 aromatic carbocycles. The lowest BCUT2D eigenvalue weighted by molar-refractivity contribution is 0.0839. The fourth-order valence-electron chi connectivity index (χ4n) is 2.00. The largest absolute Gasteiger partial charge is 0.316 e. The molecule has 1 unspecified atom stereocenters. The van der Waals surface area contributed by atoms with Crippen LogP contribution in [-0.4, -0.2) is 18.9 Å². The highest BCUT2D eigenvalue weighted by atomic mass is 35.5. The van der Waals surface area contributed by atoms with E-state index < -0.39 is 5.82 Å². The lowest BCUT2D eigenvalue weighted by atomic mass is 9.81. The van der Waals surface area contributed by atoms with Crippen molar-refractivity contribution in [1.29, 1.82) is 0 Å². The number of ketones is 1. The van der Waals surface area contributed by atoms with E-state index in [9.17, 15) is 9.18 Å². The first-order chi connectivity index (χ1) is 7.53. The summed E-state index contributed by atoms with van der Waals surface area (Å²) in [5.74, 6) is -0.465. The van der Waals surface area contributed by atoms with Crippen LogP contribution in [-0.2, 0) is 0 Å². The first-order valence-electron chi connectivity index (χ1n) is 5.23. The molecule has 2 rings (SSSR count). The molecule has 4 heteroatoms. The predicted molar refractivity (Wildman–Crippen MR) is 61.3 cm³/mol. The number of nitrogens with one attached hydrogen (secondary N) is 1. The fourth-order valence-corrected chi connectivity index (χ4v) is 2.18. The number of benzene rings is 1. The Hall–Kier alpha value is -0.930. The van der Waals surface area contributed by atoms with Crippen LogP contribution in [0.3, 0.4) is 0 Å². The lowest BCUT2D eigenvalue weighted by Crippen LogP contribution is -2.30. The molecule has 0 amide bonds. The van der Waals surface area contributed by atoms with E-state index in [0.717, 1.165) is 13.0 Å².